The summed E-state index contributed by atoms with van der Waals surface area (Å²) in [5.74, 6) is 0. The maximum atomic E-state index is 8.94. The molecule has 0 radical (unpaired) electrons. The van der Waals surface area contributed by atoms with Crippen molar-refractivity contribution in [1.82, 2.24) is 0 Å². The Morgan fingerprint density at radius 3 is 3.00 bits per heavy atom. The van der Waals surface area contributed by atoms with E-state index in [4.69, 9.17) is 5.26 Å². The predicted molar refractivity (Wildman–Crippen MR) is 71.2 cm³/mol. The largest absolute Gasteiger partial charge is 0.381 e. The molecule has 1 aromatic rings. The number of rotatable bonds is 3. The molecule has 2 unspecified atom stereocenters. The third-order valence-corrected chi connectivity index (χ3v) is 3.44. The van der Waals surface area contributed by atoms with Crippen LogP contribution in [0.5, 0.6) is 0 Å². The molecule has 90 valence electrons. The average Bonchev–Trinajstić information content (AvgIpc) is 2.37. The summed E-state index contributed by atoms with van der Waals surface area (Å²) < 4.78 is 0. The zero-order valence-corrected chi connectivity index (χ0v) is 10.5. The molecule has 1 aromatic carbocycles. The van der Waals surface area contributed by atoms with Crippen molar-refractivity contribution in [3.05, 3.63) is 24.3 Å². The van der Waals surface area contributed by atoms with Gasteiger partial charge in [0.05, 0.1) is 23.9 Å². The molecule has 17 heavy (non-hydrogen) atoms. The van der Waals surface area contributed by atoms with Gasteiger partial charge in [0.25, 0.3) is 0 Å². The Balaban J connectivity index is 2.35. The van der Waals surface area contributed by atoms with Crippen LogP contribution in [-0.4, -0.2) is 18.6 Å². The SMILES string of the molecule is CCC(CC#N)N1c2ccccc2NCC1C. The van der Waals surface area contributed by atoms with Crippen molar-refractivity contribution in [2.75, 3.05) is 16.8 Å². The molecular weight excluding hydrogens is 210 g/mol. The molecule has 0 bridgehead atoms. The molecule has 0 aliphatic carbocycles. The molecule has 1 N–H and O–H groups in total. The van der Waals surface area contributed by atoms with Gasteiger partial charge in [-0.05, 0) is 25.5 Å². The minimum Gasteiger partial charge on any atom is -0.381 e. The number of benzene rings is 1. The van der Waals surface area contributed by atoms with Crippen LogP contribution in [0.25, 0.3) is 0 Å². The van der Waals surface area contributed by atoms with Crippen molar-refractivity contribution < 1.29 is 0 Å². The molecule has 1 aliphatic heterocycles. The lowest BCUT2D eigenvalue weighted by Gasteiger charge is -2.42. The number of hydrogen-bond donors (Lipinski definition) is 1. The second kappa shape index (κ2) is 5.09. The highest BCUT2D eigenvalue weighted by Gasteiger charge is 2.27. The lowest BCUT2D eigenvalue weighted by molar-refractivity contribution is 0.518. The van der Waals surface area contributed by atoms with E-state index >= 15 is 0 Å². The van der Waals surface area contributed by atoms with E-state index in [2.05, 4.69) is 48.3 Å². The first-order valence-corrected chi connectivity index (χ1v) is 6.26. The van der Waals surface area contributed by atoms with Crippen molar-refractivity contribution >= 4 is 11.4 Å². The van der Waals surface area contributed by atoms with Crippen LogP contribution in [0.2, 0.25) is 0 Å². The fourth-order valence-electron chi connectivity index (χ4n) is 2.54. The molecule has 0 aromatic heterocycles. The highest BCUT2D eigenvalue weighted by Crippen LogP contribution is 2.33. The topological polar surface area (TPSA) is 39.1 Å². The van der Waals surface area contributed by atoms with E-state index in [-0.39, 0.29) is 0 Å². The van der Waals surface area contributed by atoms with Crippen LogP contribution < -0.4 is 10.2 Å². The van der Waals surface area contributed by atoms with Gasteiger partial charge in [0.15, 0.2) is 0 Å². The van der Waals surface area contributed by atoms with Crippen LogP contribution in [0, 0.1) is 11.3 Å². The lowest BCUT2D eigenvalue weighted by Crippen LogP contribution is -2.48. The van der Waals surface area contributed by atoms with Gasteiger partial charge in [0, 0.05) is 18.6 Å². The Bertz CT molecular complexity index is 422. The molecule has 2 atom stereocenters. The molecule has 0 amide bonds. The van der Waals surface area contributed by atoms with Gasteiger partial charge in [0.2, 0.25) is 0 Å². The van der Waals surface area contributed by atoms with Crippen molar-refractivity contribution in [2.45, 2.75) is 38.8 Å². The molecule has 1 aliphatic rings. The number of hydrogen-bond acceptors (Lipinski definition) is 3. The molecule has 1 heterocycles. The van der Waals surface area contributed by atoms with Gasteiger partial charge in [-0.2, -0.15) is 5.26 Å². The van der Waals surface area contributed by atoms with E-state index < -0.39 is 0 Å². The Morgan fingerprint density at radius 2 is 2.29 bits per heavy atom. The predicted octanol–water partition coefficient (Wildman–Crippen LogP) is 3.00. The van der Waals surface area contributed by atoms with E-state index in [9.17, 15) is 0 Å². The Labute approximate surface area is 103 Å². The van der Waals surface area contributed by atoms with E-state index in [1.807, 2.05) is 6.07 Å². The highest BCUT2D eigenvalue weighted by molar-refractivity contribution is 5.73. The van der Waals surface area contributed by atoms with Gasteiger partial charge >= 0.3 is 0 Å². The quantitative estimate of drug-likeness (QED) is 0.866. The zero-order valence-electron chi connectivity index (χ0n) is 10.5. The zero-order chi connectivity index (χ0) is 12.3. The third kappa shape index (κ3) is 2.21. The summed E-state index contributed by atoms with van der Waals surface area (Å²) in [5, 5.41) is 12.4. The summed E-state index contributed by atoms with van der Waals surface area (Å²) in [7, 11) is 0. The molecule has 2 rings (SSSR count). The van der Waals surface area contributed by atoms with Crippen LogP contribution in [-0.2, 0) is 0 Å². The monoisotopic (exact) mass is 229 g/mol. The average molecular weight is 229 g/mol. The maximum Gasteiger partial charge on any atom is 0.0643 e. The fraction of sp³-hybridized carbons (Fsp3) is 0.500. The standard InChI is InChI=1S/C14H19N3/c1-3-12(8-9-15)17-11(2)10-16-13-6-4-5-7-14(13)17/h4-7,11-12,16H,3,8,10H2,1-2H3. The maximum absolute atomic E-state index is 8.94. The fourth-order valence-corrected chi connectivity index (χ4v) is 2.54. The first kappa shape index (κ1) is 11.8. The molecule has 0 saturated heterocycles. The molecule has 0 fully saturated rings. The number of anilines is 2. The molecule has 3 nitrogen and oxygen atoms in total. The smallest absolute Gasteiger partial charge is 0.0643 e. The van der Waals surface area contributed by atoms with E-state index in [1.54, 1.807) is 0 Å². The molecule has 0 saturated carbocycles. The van der Waals surface area contributed by atoms with Crippen LogP contribution in [0.4, 0.5) is 11.4 Å². The molecule has 3 heteroatoms. The van der Waals surface area contributed by atoms with Gasteiger partial charge < -0.3 is 10.2 Å². The number of nitrogens with zero attached hydrogens (tertiary/aromatic N) is 2. The number of nitrogens with one attached hydrogen (secondary N) is 1. The summed E-state index contributed by atoms with van der Waals surface area (Å²) in [6.07, 6.45) is 1.60. The van der Waals surface area contributed by atoms with Crippen LogP contribution in [0.15, 0.2) is 24.3 Å². The van der Waals surface area contributed by atoms with Crippen molar-refractivity contribution in [1.29, 1.82) is 5.26 Å². The minimum atomic E-state index is 0.318. The van der Waals surface area contributed by atoms with E-state index in [0.717, 1.165) is 13.0 Å². The van der Waals surface area contributed by atoms with Crippen molar-refractivity contribution in [2.24, 2.45) is 0 Å². The summed E-state index contributed by atoms with van der Waals surface area (Å²) in [6.45, 7) is 5.31. The summed E-state index contributed by atoms with van der Waals surface area (Å²) in [4.78, 5) is 2.40. The second-order valence-corrected chi connectivity index (χ2v) is 4.58. The summed E-state index contributed by atoms with van der Waals surface area (Å²) in [6, 6.07) is 11.4. The highest BCUT2D eigenvalue weighted by atomic mass is 15.2. The molecule has 0 spiro atoms. The second-order valence-electron chi connectivity index (χ2n) is 4.58. The lowest BCUT2D eigenvalue weighted by atomic mass is 10.0. The number of fused-ring (bicyclic) bond motifs is 1. The van der Waals surface area contributed by atoms with Crippen molar-refractivity contribution in [3.8, 4) is 6.07 Å². The Hall–Kier alpha value is -1.69. The first-order valence-electron chi connectivity index (χ1n) is 6.26. The minimum absolute atomic E-state index is 0.318. The van der Waals surface area contributed by atoms with Crippen LogP contribution >= 0.6 is 0 Å². The van der Waals surface area contributed by atoms with Gasteiger partial charge in [0.1, 0.15) is 0 Å². The Morgan fingerprint density at radius 1 is 1.53 bits per heavy atom. The Kier molecular flexibility index (Phi) is 3.53. The van der Waals surface area contributed by atoms with E-state index in [0.29, 0.717) is 18.5 Å². The van der Waals surface area contributed by atoms with Gasteiger partial charge in [-0.3, -0.25) is 0 Å². The third-order valence-electron chi connectivity index (χ3n) is 3.44. The van der Waals surface area contributed by atoms with Gasteiger partial charge in [-0.15, -0.1) is 0 Å². The summed E-state index contributed by atoms with van der Waals surface area (Å²) >= 11 is 0. The first-order chi connectivity index (χ1) is 8.27. The van der Waals surface area contributed by atoms with E-state index in [1.165, 1.54) is 11.4 Å². The number of nitriles is 1. The van der Waals surface area contributed by atoms with Crippen LogP contribution in [0.1, 0.15) is 26.7 Å². The van der Waals surface area contributed by atoms with Gasteiger partial charge in [-0.1, -0.05) is 19.1 Å². The number of para-hydroxylation sites is 2. The summed E-state index contributed by atoms with van der Waals surface area (Å²) in [5.41, 5.74) is 2.41. The van der Waals surface area contributed by atoms with Crippen LogP contribution in [0.3, 0.4) is 0 Å². The normalized spacial score (nSPS) is 20.1. The molecular formula is C14H19N3. The van der Waals surface area contributed by atoms with Gasteiger partial charge in [-0.25, -0.2) is 0 Å². The van der Waals surface area contributed by atoms with Crippen molar-refractivity contribution in [3.63, 3.8) is 0 Å².